The van der Waals surface area contributed by atoms with Crippen molar-refractivity contribution in [2.45, 2.75) is 5.66 Å². The first-order valence-electron chi connectivity index (χ1n) is 4.21. The Balaban J connectivity index is 3.25. The van der Waals surface area contributed by atoms with E-state index in [9.17, 15) is 9.36 Å². The lowest BCUT2D eigenvalue weighted by Gasteiger charge is -2.15. The maximum atomic E-state index is 11.4. The van der Waals surface area contributed by atoms with Crippen molar-refractivity contribution < 1.29 is 33.8 Å². The third-order valence-corrected chi connectivity index (χ3v) is 4.12. The number of rotatable bonds is 4. The van der Waals surface area contributed by atoms with Crippen molar-refractivity contribution in [3.63, 3.8) is 0 Å². The molecule has 1 rings (SSSR count). The topological polar surface area (TPSA) is 148 Å². The van der Waals surface area contributed by atoms with Crippen molar-refractivity contribution in [3.05, 3.63) is 30.1 Å². The molecule has 17 heavy (non-hydrogen) atoms. The molecule has 8 nitrogen and oxygen atoms in total. The van der Waals surface area contributed by atoms with Crippen LogP contribution in [0.15, 0.2) is 24.5 Å². The fourth-order valence-electron chi connectivity index (χ4n) is 1.18. The molecule has 0 aromatic carbocycles. The van der Waals surface area contributed by atoms with Crippen LogP contribution in [0.5, 0.6) is 0 Å². The van der Waals surface area contributed by atoms with Crippen LogP contribution >= 0.6 is 15.5 Å². The molecule has 10 heteroatoms. The van der Waals surface area contributed by atoms with Crippen molar-refractivity contribution in [2.75, 3.05) is 0 Å². The number of carbonyl (C=O) groups excluding carboxylic acids is 1. The molecule has 0 aliphatic heterocycles. The van der Waals surface area contributed by atoms with Gasteiger partial charge in [-0.05, 0) is 11.6 Å². The minimum absolute atomic E-state index is 0.202. The lowest BCUT2D eigenvalue weighted by Crippen LogP contribution is -2.16. The second-order valence-corrected chi connectivity index (χ2v) is 6.46. The highest BCUT2D eigenvalue weighted by Crippen LogP contribution is 2.61. The zero-order valence-electron chi connectivity index (χ0n) is 8.28. The van der Waals surface area contributed by atoms with E-state index in [-0.39, 0.29) is 5.56 Å². The molecular weight excluding hydrogens is 272 g/mol. The number of carbonyl (C=O) groups is 1. The molecule has 0 fully saturated rings. The fourth-order valence-corrected chi connectivity index (χ4v) is 3.40. The summed E-state index contributed by atoms with van der Waals surface area (Å²) >= 11 is 0. The molecule has 1 aromatic rings. The molecule has 5 N–H and O–H groups in total. The third kappa shape index (κ3) is 3.62. The van der Waals surface area contributed by atoms with Gasteiger partial charge in [-0.1, -0.05) is 6.07 Å². The molecule has 0 amide bonds. The van der Waals surface area contributed by atoms with E-state index >= 15 is 0 Å². The summed E-state index contributed by atoms with van der Waals surface area (Å²) in [6.07, 6.45) is 2.31. The van der Waals surface area contributed by atoms with Gasteiger partial charge in [-0.3, -0.25) is 9.55 Å². The Bertz CT molecular complexity index is 451. The molecule has 1 unspecified atom stereocenters. The van der Waals surface area contributed by atoms with Crippen LogP contribution in [0.4, 0.5) is 0 Å². The molecule has 0 aliphatic rings. The Labute approximate surface area is 96.3 Å². The number of hydrogen-bond acceptors (Lipinski definition) is 6. The van der Waals surface area contributed by atoms with E-state index < -0.39 is 26.7 Å². The van der Waals surface area contributed by atoms with Gasteiger partial charge in [0.2, 0.25) is 0 Å². The molecule has 1 aromatic heterocycles. The van der Waals surface area contributed by atoms with Crippen LogP contribution in [0.3, 0.4) is 0 Å². The molecule has 94 valence electrons. The van der Waals surface area contributed by atoms with Crippen molar-refractivity contribution in [1.29, 1.82) is 0 Å². The maximum absolute atomic E-state index is 11.4. The molecule has 0 spiro atoms. The van der Waals surface area contributed by atoms with E-state index in [2.05, 4.69) is 4.98 Å². The molecule has 0 bridgehead atoms. The lowest BCUT2D eigenvalue weighted by atomic mass is 10.2. The van der Waals surface area contributed by atoms with Gasteiger partial charge < -0.3 is 9.79 Å². The fraction of sp³-hybridized carbons (Fsp3) is 0.143. The van der Waals surface area contributed by atoms with Crippen LogP contribution in [0, 0.1) is 0 Å². The number of aromatic nitrogens is 1. The van der Waals surface area contributed by atoms with Crippen LogP contribution in [0.1, 0.15) is 11.2 Å². The number of hydrogen-bond donors (Lipinski definition) is 5. The Morgan fingerprint density at radius 3 is 2.29 bits per heavy atom. The summed E-state index contributed by atoms with van der Waals surface area (Å²) in [5.41, 5.74) is -4.05. The van der Waals surface area contributed by atoms with Gasteiger partial charge in [0.05, 0.1) is 0 Å². The van der Waals surface area contributed by atoms with E-state index in [1.165, 1.54) is 18.3 Å². The monoisotopic (exact) mass is 282 g/mol. The molecule has 0 aliphatic carbocycles. The molecule has 0 saturated carbocycles. The van der Waals surface area contributed by atoms with Crippen LogP contribution in [-0.4, -0.2) is 35.0 Å². The third-order valence-electron chi connectivity index (χ3n) is 1.87. The largest absolute Gasteiger partial charge is 0.479 e. The Morgan fingerprint density at radius 2 is 1.94 bits per heavy atom. The summed E-state index contributed by atoms with van der Waals surface area (Å²) in [6, 6.07) is 2.50. The van der Waals surface area contributed by atoms with E-state index in [4.69, 9.17) is 24.5 Å². The molecule has 1 heterocycles. The normalized spacial score (nSPS) is 14.4. The molecular formula is C7H10NO7P2+. The van der Waals surface area contributed by atoms with E-state index in [0.717, 1.165) is 6.20 Å². The van der Waals surface area contributed by atoms with Crippen LogP contribution in [0.25, 0.3) is 0 Å². The standard InChI is InChI=1S/C7H9NO7P2/c9-7(17(13,14)15)6(16(10,11)12)5-2-1-3-8-4-5/h1-4,6,13-15H,(H-,10,11,12)/p+1. The average molecular weight is 282 g/mol. The minimum Gasteiger partial charge on any atom is -0.324 e. The molecule has 1 atom stereocenters. The Hall–Kier alpha value is -0.720. The summed E-state index contributed by atoms with van der Waals surface area (Å²) in [7, 11) is -9.98. The highest BCUT2D eigenvalue weighted by Gasteiger charge is 2.54. The lowest BCUT2D eigenvalue weighted by molar-refractivity contribution is -0.114. The van der Waals surface area contributed by atoms with Gasteiger partial charge in [0.1, 0.15) is 0 Å². The van der Waals surface area contributed by atoms with Crippen molar-refractivity contribution in [2.24, 2.45) is 0 Å². The van der Waals surface area contributed by atoms with Crippen molar-refractivity contribution in [1.82, 2.24) is 4.98 Å². The summed E-state index contributed by atoms with van der Waals surface area (Å²) in [5.74, 6) is 0. The second-order valence-electron chi connectivity index (χ2n) is 3.18. The van der Waals surface area contributed by atoms with Gasteiger partial charge in [0, 0.05) is 12.4 Å². The summed E-state index contributed by atoms with van der Waals surface area (Å²) in [6.45, 7) is 0. The predicted molar refractivity (Wildman–Crippen MR) is 57.6 cm³/mol. The smallest absolute Gasteiger partial charge is 0.324 e. The van der Waals surface area contributed by atoms with Gasteiger partial charge >= 0.3 is 21.1 Å². The van der Waals surface area contributed by atoms with E-state index in [1.807, 2.05) is 0 Å². The number of pyridine rings is 1. The van der Waals surface area contributed by atoms with Crippen LogP contribution in [0.2, 0.25) is 0 Å². The van der Waals surface area contributed by atoms with Crippen molar-refractivity contribution >= 4 is 21.1 Å². The van der Waals surface area contributed by atoms with Gasteiger partial charge in [-0.2, -0.15) is 14.7 Å². The van der Waals surface area contributed by atoms with E-state index in [1.54, 1.807) is 0 Å². The zero-order chi connectivity index (χ0) is 13.3. The molecule has 0 radical (unpaired) electrons. The van der Waals surface area contributed by atoms with Gasteiger partial charge in [-0.25, -0.2) is 4.79 Å². The van der Waals surface area contributed by atoms with Gasteiger partial charge in [0.25, 0.3) is 0 Å². The van der Waals surface area contributed by atoms with Crippen LogP contribution in [-0.2, 0) is 9.36 Å². The zero-order valence-corrected chi connectivity index (χ0v) is 10.1. The summed E-state index contributed by atoms with van der Waals surface area (Å²) in [4.78, 5) is 59.3. The van der Waals surface area contributed by atoms with Crippen molar-refractivity contribution in [3.8, 4) is 0 Å². The SMILES string of the molecule is O=C(C(c1cccnc1)P(=O)(O)O)[P+](O)(O)O. The first kappa shape index (κ1) is 14.3. The highest BCUT2D eigenvalue weighted by atomic mass is 31.2. The Morgan fingerprint density at radius 1 is 1.35 bits per heavy atom. The minimum atomic E-state index is -4.99. The summed E-state index contributed by atoms with van der Waals surface area (Å²) in [5, 5.41) is 0. The first-order chi connectivity index (χ1) is 7.64. The molecule has 0 saturated heterocycles. The van der Waals surface area contributed by atoms with Gasteiger partial charge in [-0.15, -0.1) is 0 Å². The van der Waals surface area contributed by atoms with Crippen LogP contribution < -0.4 is 0 Å². The highest BCUT2D eigenvalue weighted by molar-refractivity contribution is 7.78. The predicted octanol–water partition coefficient (Wildman–Crippen LogP) is -0.434. The average Bonchev–Trinajstić information content (AvgIpc) is 2.15. The number of nitrogens with zero attached hydrogens (tertiary/aromatic N) is 1. The summed E-state index contributed by atoms with van der Waals surface area (Å²) < 4.78 is 11.2. The first-order valence-corrected chi connectivity index (χ1v) is 7.54. The van der Waals surface area contributed by atoms with Gasteiger partial charge in [0.15, 0.2) is 5.66 Å². The maximum Gasteiger partial charge on any atom is 0.479 e. The quantitative estimate of drug-likeness (QED) is 0.467. The van der Waals surface area contributed by atoms with E-state index in [0.29, 0.717) is 0 Å². The Kier molecular flexibility index (Phi) is 4.11. The second kappa shape index (κ2) is 4.88.